The maximum absolute atomic E-state index is 13.3. The van der Waals surface area contributed by atoms with Gasteiger partial charge in [-0.05, 0) is 62.1 Å². The van der Waals surface area contributed by atoms with Crippen molar-refractivity contribution < 1.29 is 13.2 Å². The summed E-state index contributed by atoms with van der Waals surface area (Å²) < 4.78 is 29.2. The Bertz CT molecular complexity index is 1170. The minimum atomic E-state index is -3.94. The van der Waals surface area contributed by atoms with Crippen LogP contribution in [-0.2, 0) is 21.2 Å². The van der Waals surface area contributed by atoms with E-state index in [1.807, 2.05) is 49.4 Å². The highest BCUT2D eigenvalue weighted by Crippen LogP contribution is 2.23. The number of sulfonamides is 1. The van der Waals surface area contributed by atoms with Crippen LogP contribution in [0.3, 0.4) is 0 Å². The summed E-state index contributed by atoms with van der Waals surface area (Å²) in [5.41, 5.74) is 3.59. The maximum Gasteiger partial charge on any atom is 0.242 e. The van der Waals surface area contributed by atoms with Crippen LogP contribution in [-0.4, -0.2) is 20.4 Å². The average Bonchev–Trinajstić information content (AvgIpc) is 2.67. The molecule has 3 aromatic carbocycles. The van der Waals surface area contributed by atoms with Gasteiger partial charge in [-0.2, -0.15) is 4.72 Å². The number of halogens is 1. The van der Waals surface area contributed by atoms with Gasteiger partial charge >= 0.3 is 0 Å². The average molecular weight is 457 g/mol. The van der Waals surface area contributed by atoms with Crippen LogP contribution >= 0.6 is 11.6 Å². The summed E-state index contributed by atoms with van der Waals surface area (Å²) in [6, 6.07) is 18.6. The standard InChI is InChI=1S/C24H25ClN2O3S/c1-16-12-17(2)23(18(3)13-16)31(29,30)27-22(14-19-8-5-4-6-9-19)24(28)26-21-11-7-10-20(25)15-21/h4-13,15,22,27H,14H2,1-3H3,(H,26,28)/t22-/m1/s1. The molecule has 5 nitrogen and oxygen atoms in total. The molecule has 0 aliphatic carbocycles. The van der Waals surface area contributed by atoms with Gasteiger partial charge in [0.2, 0.25) is 15.9 Å². The Morgan fingerprint density at radius 2 is 1.58 bits per heavy atom. The SMILES string of the molecule is Cc1cc(C)c(S(=O)(=O)N[C@H](Cc2ccccc2)C(=O)Nc2cccc(Cl)c2)c(C)c1. The third kappa shape index (κ3) is 5.94. The third-order valence-electron chi connectivity index (χ3n) is 4.86. The topological polar surface area (TPSA) is 75.3 Å². The van der Waals surface area contributed by atoms with Gasteiger partial charge in [0.1, 0.15) is 6.04 Å². The van der Waals surface area contributed by atoms with Gasteiger partial charge in [-0.25, -0.2) is 8.42 Å². The Balaban J connectivity index is 1.93. The van der Waals surface area contributed by atoms with E-state index in [9.17, 15) is 13.2 Å². The van der Waals surface area contributed by atoms with Gasteiger partial charge in [0.05, 0.1) is 4.90 Å². The predicted molar refractivity (Wildman–Crippen MR) is 125 cm³/mol. The summed E-state index contributed by atoms with van der Waals surface area (Å²) in [6.45, 7) is 5.43. The smallest absolute Gasteiger partial charge is 0.242 e. The fourth-order valence-electron chi connectivity index (χ4n) is 3.67. The zero-order chi connectivity index (χ0) is 22.6. The lowest BCUT2D eigenvalue weighted by molar-refractivity contribution is -0.117. The van der Waals surface area contributed by atoms with E-state index in [1.165, 1.54) is 0 Å². The second-order valence-electron chi connectivity index (χ2n) is 7.59. The first-order chi connectivity index (χ1) is 14.7. The molecule has 31 heavy (non-hydrogen) atoms. The van der Waals surface area contributed by atoms with Crippen molar-refractivity contribution >= 4 is 33.2 Å². The lowest BCUT2D eigenvalue weighted by Crippen LogP contribution is -2.45. The Kier molecular flexibility index (Phi) is 7.15. The van der Waals surface area contributed by atoms with Gasteiger partial charge in [0.25, 0.3) is 0 Å². The summed E-state index contributed by atoms with van der Waals surface area (Å²) >= 11 is 6.01. The lowest BCUT2D eigenvalue weighted by Gasteiger charge is -2.21. The van der Waals surface area contributed by atoms with Crippen LogP contribution in [0.5, 0.6) is 0 Å². The second kappa shape index (κ2) is 9.64. The Labute approximate surface area is 188 Å². The molecule has 1 amide bonds. The third-order valence-corrected chi connectivity index (χ3v) is 6.87. The molecule has 0 unspecified atom stereocenters. The molecule has 0 bridgehead atoms. The Morgan fingerprint density at radius 1 is 0.935 bits per heavy atom. The summed E-state index contributed by atoms with van der Waals surface area (Å²) in [5.74, 6) is -0.461. The molecule has 7 heteroatoms. The van der Waals surface area contributed by atoms with Crippen LogP contribution in [0.25, 0.3) is 0 Å². The van der Waals surface area contributed by atoms with E-state index in [1.54, 1.807) is 38.1 Å². The van der Waals surface area contributed by atoms with Crippen molar-refractivity contribution in [3.63, 3.8) is 0 Å². The van der Waals surface area contributed by atoms with Crippen LogP contribution in [0.4, 0.5) is 5.69 Å². The highest BCUT2D eigenvalue weighted by Gasteiger charge is 2.28. The number of amides is 1. The molecule has 0 saturated carbocycles. The number of anilines is 1. The van der Waals surface area contributed by atoms with Crippen LogP contribution < -0.4 is 10.0 Å². The predicted octanol–water partition coefficient (Wildman–Crippen LogP) is 4.79. The van der Waals surface area contributed by atoms with Crippen molar-refractivity contribution in [3.8, 4) is 0 Å². The van der Waals surface area contributed by atoms with Gasteiger partial charge in [0, 0.05) is 10.7 Å². The Morgan fingerprint density at radius 3 is 2.19 bits per heavy atom. The molecule has 1 atom stereocenters. The van der Waals surface area contributed by atoms with Crippen molar-refractivity contribution in [1.29, 1.82) is 0 Å². The normalized spacial score (nSPS) is 12.4. The highest BCUT2D eigenvalue weighted by molar-refractivity contribution is 7.89. The Hall–Kier alpha value is -2.67. The number of aryl methyl sites for hydroxylation is 3. The number of hydrogen-bond acceptors (Lipinski definition) is 3. The number of carbonyl (C=O) groups is 1. The van der Waals surface area contributed by atoms with Crippen molar-refractivity contribution in [2.24, 2.45) is 0 Å². The monoisotopic (exact) mass is 456 g/mol. The lowest BCUT2D eigenvalue weighted by atomic mass is 10.1. The van der Waals surface area contributed by atoms with E-state index >= 15 is 0 Å². The van der Waals surface area contributed by atoms with Crippen molar-refractivity contribution in [3.05, 3.63) is 94.0 Å². The fourth-order valence-corrected chi connectivity index (χ4v) is 5.51. The molecule has 0 saturated heterocycles. The van der Waals surface area contributed by atoms with Crippen LogP contribution in [0.1, 0.15) is 22.3 Å². The van der Waals surface area contributed by atoms with E-state index in [4.69, 9.17) is 11.6 Å². The summed E-state index contributed by atoms with van der Waals surface area (Å²) in [7, 11) is -3.94. The second-order valence-corrected chi connectivity index (χ2v) is 9.68. The molecule has 0 spiro atoms. The number of carbonyl (C=O) groups excluding carboxylic acids is 1. The summed E-state index contributed by atoms with van der Waals surface area (Å²) in [4.78, 5) is 13.3. The number of benzene rings is 3. The fraction of sp³-hybridized carbons (Fsp3) is 0.208. The molecule has 0 aliphatic heterocycles. The number of hydrogen-bond donors (Lipinski definition) is 2. The first-order valence-corrected chi connectivity index (χ1v) is 11.7. The van der Waals surface area contributed by atoms with Gasteiger partial charge in [-0.1, -0.05) is 65.7 Å². The summed E-state index contributed by atoms with van der Waals surface area (Å²) in [6.07, 6.45) is 0.205. The molecular weight excluding hydrogens is 432 g/mol. The van der Waals surface area contributed by atoms with E-state index in [0.717, 1.165) is 11.1 Å². The quantitative estimate of drug-likeness (QED) is 0.536. The zero-order valence-electron chi connectivity index (χ0n) is 17.6. The van der Waals surface area contributed by atoms with Gasteiger partial charge < -0.3 is 5.32 Å². The summed E-state index contributed by atoms with van der Waals surface area (Å²) in [5, 5.41) is 3.24. The van der Waals surface area contributed by atoms with Crippen molar-refractivity contribution in [1.82, 2.24) is 4.72 Å². The molecule has 0 fully saturated rings. The number of rotatable bonds is 7. The van der Waals surface area contributed by atoms with Gasteiger partial charge in [-0.15, -0.1) is 0 Å². The minimum Gasteiger partial charge on any atom is -0.325 e. The molecular formula is C24H25ClN2O3S. The molecule has 0 aliphatic rings. The van der Waals surface area contributed by atoms with E-state index < -0.39 is 22.0 Å². The first-order valence-electron chi connectivity index (χ1n) is 9.86. The molecule has 0 heterocycles. The van der Waals surface area contributed by atoms with E-state index in [2.05, 4.69) is 10.0 Å². The number of nitrogens with one attached hydrogen (secondary N) is 2. The minimum absolute atomic E-state index is 0.201. The zero-order valence-corrected chi connectivity index (χ0v) is 19.2. The highest BCUT2D eigenvalue weighted by atomic mass is 35.5. The molecule has 3 rings (SSSR count). The first kappa shape index (κ1) is 23.0. The molecule has 162 valence electrons. The van der Waals surface area contributed by atoms with Crippen molar-refractivity contribution in [2.75, 3.05) is 5.32 Å². The molecule has 3 aromatic rings. The molecule has 0 aromatic heterocycles. The largest absolute Gasteiger partial charge is 0.325 e. The van der Waals surface area contributed by atoms with Gasteiger partial charge in [-0.3, -0.25) is 4.79 Å². The molecule has 2 N–H and O–H groups in total. The van der Waals surface area contributed by atoms with E-state index in [-0.39, 0.29) is 11.3 Å². The van der Waals surface area contributed by atoms with Crippen molar-refractivity contribution in [2.45, 2.75) is 38.1 Å². The van der Waals surface area contributed by atoms with Gasteiger partial charge in [0.15, 0.2) is 0 Å². The van der Waals surface area contributed by atoms with E-state index in [0.29, 0.717) is 21.8 Å². The maximum atomic E-state index is 13.3. The molecule has 0 radical (unpaired) electrons. The van der Waals surface area contributed by atoms with Crippen LogP contribution in [0, 0.1) is 20.8 Å². The van der Waals surface area contributed by atoms with Crippen LogP contribution in [0.15, 0.2) is 71.6 Å². The van der Waals surface area contributed by atoms with Crippen LogP contribution in [0.2, 0.25) is 5.02 Å².